The average Bonchev–Trinajstić information content (AvgIpc) is 3.23. The number of amides is 1. The van der Waals surface area contributed by atoms with Crippen molar-refractivity contribution in [1.82, 2.24) is 9.47 Å². The molecule has 0 bridgehead atoms. The molecule has 3 heterocycles. The van der Waals surface area contributed by atoms with Crippen molar-refractivity contribution < 1.29 is 9.53 Å². The lowest BCUT2D eigenvalue weighted by Crippen LogP contribution is -2.35. The molecule has 0 aliphatic carbocycles. The van der Waals surface area contributed by atoms with Gasteiger partial charge < -0.3 is 9.30 Å². The summed E-state index contributed by atoms with van der Waals surface area (Å²) in [6.07, 6.45) is 3.51. The van der Waals surface area contributed by atoms with Crippen LogP contribution in [0.25, 0.3) is 11.8 Å². The number of carbonyl (C=O) groups excluding carboxylic acids is 1. The Hall–Kier alpha value is -3.06. The maximum absolute atomic E-state index is 12.4. The summed E-state index contributed by atoms with van der Waals surface area (Å²) >= 11 is 1.34. The number of nitrogens with zero attached hydrogens (tertiary/aromatic N) is 3. The monoisotopic (exact) mass is 378 g/mol. The van der Waals surface area contributed by atoms with Gasteiger partial charge in [-0.3, -0.25) is 15.1 Å². The van der Waals surface area contributed by atoms with Crippen LogP contribution in [0.5, 0.6) is 5.75 Å². The first kappa shape index (κ1) is 17.4. The van der Waals surface area contributed by atoms with E-state index in [0.29, 0.717) is 5.17 Å². The SMILES string of the molecule is COc1cccc(-n2c(C)cc(/C=C3/C(=N)N4C=CSC4=NC3=O)c2C)c1. The summed E-state index contributed by atoms with van der Waals surface area (Å²) in [5.74, 6) is 0.551. The molecule has 7 heteroatoms. The Morgan fingerprint density at radius 2 is 2.07 bits per heavy atom. The number of nitrogens with one attached hydrogen (secondary N) is 1. The number of hydrogen-bond donors (Lipinski definition) is 1. The van der Waals surface area contributed by atoms with E-state index in [9.17, 15) is 4.79 Å². The van der Waals surface area contributed by atoms with Crippen molar-refractivity contribution in [1.29, 1.82) is 5.41 Å². The fourth-order valence-electron chi connectivity index (χ4n) is 3.27. The van der Waals surface area contributed by atoms with E-state index in [-0.39, 0.29) is 17.3 Å². The zero-order valence-electron chi connectivity index (χ0n) is 15.2. The molecule has 0 spiro atoms. The van der Waals surface area contributed by atoms with Crippen LogP contribution in [0.15, 0.2) is 52.5 Å². The van der Waals surface area contributed by atoms with E-state index in [1.807, 2.05) is 49.6 Å². The van der Waals surface area contributed by atoms with Crippen LogP contribution >= 0.6 is 11.8 Å². The summed E-state index contributed by atoms with van der Waals surface area (Å²) in [6.45, 7) is 4.01. The van der Waals surface area contributed by atoms with E-state index in [4.69, 9.17) is 10.1 Å². The van der Waals surface area contributed by atoms with E-state index in [1.54, 1.807) is 24.3 Å². The third-order valence-corrected chi connectivity index (χ3v) is 5.35. The number of aromatic nitrogens is 1. The van der Waals surface area contributed by atoms with Crippen LogP contribution < -0.4 is 4.74 Å². The summed E-state index contributed by atoms with van der Waals surface area (Å²) in [5, 5.41) is 10.7. The van der Waals surface area contributed by atoms with Gasteiger partial charge in [-0.15, -0.1) is 0 Å². The first-order valence-electron chi connectivity index (χ1n) is 8.39. The van der Waals surface area contributed by atoms with Crippen LogP contribution in [-0.4, -0.2) is 33.5 Å². The first-order chi connectivity index (χ1) is 13.0. The lowest BCUT2D eigenvalue weighted by Gasteiger charge is -2.22. The van der Waals surface area contributed by atoms with Gasteiger partial charge in [0.05, 0.1) is 12.7 Å². The summed E-state index contributed by atoms with van der Waals surface area (Å²) < 4.78 is 7.43. The smallest absolute Gasteiger partial charge is 0.283 e. The number of amidine groups is 2. The standard InChI is InChI=1S/C20H18N4O2S/c1-12-9-14(13(2)24(12)15-5-4-6-16(11-15)26-3)10-17-18(21)23-7-8-27-20(23)22-19(17)25/h4-11,21H,1-3H3/b17-10-,21-18?. The second kappa shape index (κ2) is 6.59. The highest BCUT2D eigenvalue weighted by Gasteiger charge is 2.31. The molecule has 2 aliphatic rings. The minimum atomic E-state index is -0.381. The van der Waals surface area contributed by atoms with Crippen molar-refractivity contribution in [2.45, 2.75) is 13.8 Å². The van der Waals surface area contributed by atoms with Crippen molar-refractivity contribution in [3.63, 3.8) is 0 Å². The fraction of sp³-hybridized carbons (Fsp3) is 0.150. The zero-order chi connectivity index (χ0) is 19.1. The van der Waals surface area contributed by atoms with E-state index < -0.39 is 0 Å². The third kappa shape index (κ3) is 2.90. The predicted octanol–water partition coefficient (Wildman–Crippen LogP) is 3.88. The lowest BCUT2D eigenvalue weighted by atomic mass is 10.1. The molecule has 2 aromatic rings. The number of benzene rings is 1. The fourth-order valence-corrected chi connectivity index (χ4v) is 3.97. The van der Waals surface area contributed by atoms with Gasteiger partial charge in [-0.05, 0) is 49.1 Å². The normalized spacial score (nSPS) is 17.5. The number of ether oxygens (including phenoxy) is 1. The van der Waals surface area contributed by atoms with Gasteiger partial charge in [-0.25, -0.2) is 0 Å². The minimum Gasteiger partial charge on any atom is -0.497 e. The summed E-state index contributed by atoms with van der Waals surface area (Å²) in [5.41, 5.74) is 4.17. The number of rotatable bonds is 3. The summed E-state index contributed by atoms with van der Waals surface area (Å²) in [4.78, 5) is 18.1. The van der Waals surface area contributed by atoms with Gasteiger partial charge in [0.25, 0.3) is 5.91 Å². The van der Waals surface area contributed by atoms with Gasteiger partial charge in [0.15, 0.2) is 5.17 Å². The molecule has 1 aromatic carbocycles. The molecule has 0 saturated heterocycles. The Bertz CT molecular complexity index is 1060. The molecular formula is C20H18N4O2S. The summed E-state index contributed by atoms with van der Waals surface area (Å²) in [7, 11) is 1.64. The molecule has 1 N–H and O–H groups in total. The van der Waals surface area contributed by atoms with E-state index in [0.717, 1.165) is 28.4 Å². The van der Waals surface area contributed by atoms with Crippen LogP contribution in [0.1, 0.15) is 17.0 Å². The third-order valence-electron chi connectivity index (χ3n) is 4.59. The molecule has 0 unspecified atom stereocenters. The van der Waals surface area contributed by atoms with Crippen LogP contribution in [-0.2, 0) is 4.79 Å². The number of thioether (sulfide) groups is 1. The van der Waals surface area contributed by atoms with E-state index in [2.05, 4.69) is 9.56 Å². The quantitative estimate of drug-likeness (QED) is 0.823. The molecular weight excluding hydrogens is 360 g/mol. The van der Waals surface area contributed by atoms with Crippen LogP contribution in [0.3, 0.4) is 0 Å². The highest BCUT2D eigenvalue weighted by atomic mass is 32.2. The average molecular weight is 378 g/mol. The predicted molar refractivity (Wildman–Crippen MR) is 109 cm³/mol. The molecule has 0 saturated carbocycles. The van der Waals surface area contributed by atoms with Crippen molar-refractivity contribution in [3.8, 4) is 11.4 Å². The number of fused-ring (bicyclic) bond motifs is 1. The largest absolute Gasteiger partial charge is 0.497 e. The van der Waals surface area contributed by atoms with Crippen LogP contribution in [0.4, 0.5) is 0 Å². The molecule has 136 valence electrons. The van der Waals surface area contributed by atoms with Gasteiger partial charge in [0, 0.05) is 29.3 Å². The Balaban J connectivity index is 1.78. The Kier molecular flexibility index (Phi) is 4.24. The highest BCUT2D eigenvalue weighted by Crippen LogP contribution is 2.29. The molecule has 1 aromatic heterocycles. The molecule has 0 fully saturated rings. The van der Waals surface area contributed by atoms with Crippen LogP contribution in [0, 0.1) is 19.3 Å². The van der Waals surface area contributed by atoms with Gasteiger partial charge >= 0.3 is 0 Å². The number of hydrogen-bond acceptors (Lipinski definition) is 4. The van der Waals surface area contributed by atoms with Crippen molar-refractivity contribution in [2.24, 2.45) is 4.99 Å². The molecule has 0 atom stereocenters. The van der Waals surface area contributed by atoms with E-state index >= 15 is 0 Å². The molecule has 4 rings (SSSR count). The lowest BCUT2D eigenvalue weighted by molar-refractivity contribution is -0.114. The van der Waals surface area contributed by atoms with Crippen molar-refractivity contribution in [2.75, 3.05) is 7.11 Å². The molecule has 2 aliphatic heterocycles. The second-order valence-corrected chi connectivity index (χ2v) is 7.12. The minimum absolute atomic E-state index is 0.150. The highest BCUT2D eigenvalue weighted by molar-refractivity contribution is 8.16. The first-order valence-corrected chi connectivity index (χ1v) is 9.27. The molecule has 0 radical (unpaired) electrons. The van der Waals surface area contributed by atoms with Gasteiger partial charge in [-0.2, -0.15) is 4.99 Å². The molecule has 27 heavy (non-hydrogen) atoms. The maximum Gasteiger partial charge on any atom is 0.283 e. The number of aryl methyl sites for hydroxylation is 1. The van der Waals surface area contributed by atoms with Crippen molar-refractivity contribution in [3.05, 3.63) is 64.5 Å². The van der Waals surface area contributed by atoms with E-state index in [1.165, 1.54) is 11.8 Å². The number of carbonyl (C=O) groups is 1. The Morgan fingerprint density at radius 3 is 2.85 bits per heavy atom. The second-order valence-electron chi connectivity index (χ2n) is 6.24. The van der Waals surface area contributed by atoms with Crippen molar-refractivity contribution >= 4 is 34.7 Å². The van der Waals surface area contributed by atoms with Crippen LogP contribution in [0.2, 0.25) is 0 Å². The summed E-state index contributed by atoms with van der Waals surface area (Å²) in [6, 6.07) is 9.83. The number of aliphatic imine (C=N–C) groups is 1. The number of methoxy groups -OCH3 is 1. The van der Waals surface area contributed by atoms with Gasteiger partial charge in [0.1, 0.15) is 11.6 Å². The Labute approximate surface area is 161 Å². The zero-order valence-corrected chi connectivity index (χ0v) is 16.0. The van der Waals surface area contributed by atoms with Gasteiger partial charge in [0.2, 0.25) is 0 Å². The molecule has 1 amide bonds. The van der Waals surface area contributed by atoms with Gasteiger partial charge in [-0.1, -0.05) is 17.8 Å². The maximum atomic E-state index is 12.4. The topological polar surface area (TPSA) is 70.7 Å². The molecule has 6 nitrogen and oxygen atoms in total. The Morgan fingerprint density at radius 1 is 1.26 bits per heavy atom.